The SMILES string of the molecule is CC[C@H]1OC(=O)[C@H](C)C2OC(C)(C[C@@H](C)CN(C(=O)Nc3ccc(Cl)cc3Cl)[C@H](C)[C@@H](O)[C@]1(C)O)[C@H](O[C@@H]1O[C@H](C)C[C@H](N(C)C)[C@H]1O)[C@H]2C. The third kappa shape index (κ3) is 8.55. The number of urea groups is 1. The number of aliphatic hydroxyl groups is 3. The van der Waals surface area contributed by atoms with Crippen LogP contribution in [0.3, 0.4) is 0 Å². The molecule has 12 nitrogen and oxygen atoms in total. The summed E-state index contributed by atoms with van der Waals surface area (Å²) >= 11 is 12.5. The maximum Gasteiger partial charge on any atom is 0.322 e. The van der Waals surface area contributed by atoms with Gasteiger partial charge in [-0.25, -0.2) is 4.79 Å². The number of hydrogen-bond donors (Lipinski definition) is 4. The topological polar surface area (TPSA) is 150 Å². The van der Waals surface area contributed by atoms with E-state index in [1.165, 1.54) is 17.9 Å². The Hall–Kier alpha value is -1.74. The number of benzene rings is 1. The molecule has 4 N–H and O–H groups in total. The molecule has 0 saturated carbocycles. The van der Waals surface area contributed by atoms with Crippen molar-refractivity contribution in [1.82, 2.24) is 9.80 Å². The molecular weight excluding hydrogens is 689 g/mol. The van der Waals surface area contributed by atoms with Gasteiger partial charge in [-0.2, -0.15) is 0 Å². The van der Waals surface area contributed by atoms with Gasteiger partial charge < -0.3 is 49.4 Å². The smallest absolute Gasteiger partial charge is 0.322 e. The zero-order valence-corrected chi connectivity index (χ0v) is 32.4. The van der Waals surface area contributed by atoms with Gasteiger partial charge in [0.2, 0.25) is 0 Å². The van der Waals surface area contributed by atoms with Crippen LogP contribution < -0.4 is 5.32 Å². The highest BCUT2D eigenvalue weighted by Gasteiger charge is 2.57. The van der Waals surface area contributed by atoms with Gasteiger partial charge in [0.05, 0.1) is 46.6 Å². The van der Waals surface area contributed by atoms with E-state index in [4.69, 9.17) is 42.1 Å². The van der Waals surface area contributed by atoms with Crippen molar-refractivity contribution in [2.24, 2.45) is 17.8 Å². The van der Waals surface area contributed by atoms with Crippen molar-refractivity contribution in [1.29, 1.82) is 0 Å². The second-order valence-corrected chi connectivity index (χ2v) is 16.3. The average molecular weight is 747 g/mol. The van der Waals surface area contributed by atoms with Crippen LogP contribution in [-0.4, -0.2) is 124 Å². The number of carbonyl (C=O) groups excluding carboxylic acids is 2. The van der Waals surface area contributed by atoms with Crippen LogP contribution in [-0.2, 0) is 23.7 Å². The summed E-state index contributed by atoms with van der Waals surface area (Å²) in [4.78, 5) is 31.2. The number of halogens is 2. The predicted octanol–water partition coefficient (Wildman–Crippen LogP) is 4.93. The molecule has 3 fully saturated rings. The lowest BCUT2D eigenvalue weighted by atomic mass is 9.82. The van der Waals surface area contributed by atoms with Crippen molar-refractivity contribution in [3.8, 4) is 0 Å². The number of cyclic esters (lactones) is 1. The van der Waals surface area contributed by atoms with Gasteiger partial charge in [-0.05, 0) is 92.1 Å². The number of esters is 1. The molecule has 1 aromatic rings. The van der Waals surface area contributed by atoms with E-state index in [2.05, 4.69) is 5.32 Å². The lowest BCUT2D eigenvalue weighted by molar-refractivity contribution is -0.283. The Morgan fingerprint density at radius 3 is 2.40 bits per heavy atom. The monoisotopic (exact) mass is 745 g/mol. The van der Waals surface area contributed by atoms with Crippen LogP contribution in [0.15, 0.2) is 18.2 Å². The first-order valence-electron chi connectivity index (χ1n) is 17.7. The maximum absolute atomic E-state index is 14.0. The average Bonchev–Trinajstić information content (AvgIpc) is 3.27. The van der Waals surface area contributed by atoms with Crippen LogP contribution in [0.4, 0.5) is 10.5 Å². The molecule has 3 saturated heterocycles. The maximum atomic E-state index is 14.0. The minimum Gasteiger partial charge on any atom is -0.459 e. The zero-order valence-electron chi connectivity index (χ0n) is 30.9. The van der Waals surface area contributed by atoms with E-state index in [9.17, 15) is 24.9 Å². The Labute approximate surface area is 306 Å². The van der Waals surface area contributed by atoms with Gasteiger partial charge in [-0.15, -0.1) is 0 Å². The fourth-order valence-electron chi connectivity index (χ4n) is 8.15. The molecule has 3 heterocycles. The standard InChI is InChI=1S/C36H57Cl2N3O9/c1-11-27-36(8,46)30(43)22(6)41(34(45)39-25-13-12-23(37)15-24(25)38)17-18(2)16-35(7)31(20(4)29(50-35)21(5)32(44)48-27)49-33-28(42)26(40(9)10)14-19(3)47-33/h12-13,15,18-22,26-31,33,42-43,46H,11,14,16-17H2,1-10H3,(H,39,45)/t18-,19-,20+,21-,22-,26+,27-,28-,29?,30-,31-,33+,35?,36-/m1/s1. The molecule has 50 heavy (non-hydrogen) atoms. The Kier molecular flexibility index (Phi) is 13.2. The summed E-state index contributed by atoms with van der Waals surface area (Å²) in [7, 11) is 3.82. The summed E-state index contributed by atoms with van der Waals surface area (Å²) in [6.07, 6.45) is -4.71. The molecule has 0 spiro atoms. The van der Waals surface area contributed by atoms with Gasteiger partial charge in [0.25, 0.3) is 0 Å². The third-order valence-electron chi connectivity index (χ3n) is 10.9. The number of hydrogen-bond acceptors (Lipinski definition) is 10. The van der Waals surface area contributed by atoms with Crippen molar-refractivity contribution in [3.63, 3.8) is 0 Å². The number of carbonyl (C=O) groups is 2. The van der Waals surface area contributed by atoms with Gasteiger partial charge in [-0.3, -0.25) is 4.79 Å². The molecule has 2 unspecified atom stereocenters. The number of amides is 2. The molecule has 0 aliphatic carbocycles. The van der Waals surface area contributed by atoms with Crippen LogP contribution in [0.5, 0.6) is 0 Å². The molecule has 14 heteroatoms. The van der Waals surface area contributed by atoms with E-state index in [0.29, 0.717) is 23.6 Å². The molecular formula is C36H57Cl2N3O9. The second-order valence-electron chi connectivity index (χ2n) is 15.4. The van der Waals surface area contributed by atoms with Gasteiger partial charge in [0, 0.05) is 23.5 Å². The molecule has 284 valence electrons. The Morgan fingerprint density at radius 1 is 1.14 bits per heavy atom. The van der Waals surface area contributed by atoms with Gasteiger partial charge in [0.1, 0.15) is 23.9 Å². The number of aliphatic hydroxyl groups excluding tert-OH is 2. The second kappa shape index (κ2) is 16.1. The first kappa shape index (κ1) is 41.0. The summed E-state index contributed by atoms with van der Waals surface area (Å²) in [6.45, 7) is 14.5. The number of anilines is 1. The lowest BCUT2D eigenvalue weighted by Crippen LogP contribution is -2.61. The van der Waals surface area contributed by atoms with Crippen LogP contribution in [0.1, 0.15) is 74.7 Å². The molecule has 0 aromatic heterocycles. The minimum atomic E-state index is -1.93. The highest BCUT2D eigenvalue weighted by molar-refractivity contribution is 6.36. The third-order valence-corrected chi connectivity index (χ3v) is 11.5. The normalized spacial score (nSPS) is 41.8. The van der Waals surface area contributed by atoms with E-state index in [1.807, 2.05) is 46.7 Å². The number of nitrogens with one attached hydrogen (secondary N) is 1. The van der Waals surface area contributed by atoms with Crippen molar-refractivity contribution in [2.75, 3.05) is 26.0 Å². The minimum absolute atomic E-state index is 0.143. The fraction of sp³-hybridized carbons (Fsp3) is 0.778. The number of fused-ring (bicyclic) bond motifs is 2. The fourth-order valence-corrected chi connectivity index (χ4v) is 8.61. The molecule has 14 atom stereocenters. The predicted molar refractivity (Wildman–Crippen MR) is 191 cm³/mol. The van der Waals surface area contributed by atoms with E-state index in [1.54, 1.807) is 32.9 Å². The summed E-state index contributed by atoms with van der Waals surface area (Å²) in [6, 6.07) is 3.00. The van der Waals surface area contributed by atoms with Crippen LogP contribution in [0.2, 0.25) is 10.0 Å². The van der Waals surface area contributed by atoms with E-state index in [-0.39, 0.29) is 42.0 Å². The molecule has 0 radical (unpaired) electrons. The lowest BCUT2D eigenvalue weighted by Gasteiger charge is -2.45. The van der Waals surface area contributed by atoms with Crippen molar-refractivity contribution in [3.05, 3.63) is 28.2 Å². The van der Waals surface area contributed by atoms with E-state index < -0.39 is 72.0 Å². The molecule has 4 rings (SSSR count). The Bertz CT molecular complexity index is 1350. The summed E-state index contributed by atoms with van der Waals surface area (Å²) in [5, 5.41) is 38.3. The van der Waals surface area contributed by atoms with Crippen LogP contribution >= 0.6 is 23.2 Å². The highest BCUT2D eigenvalue weighted by Crippen LogP contribution is 2.46. The largest absolute Gasteiger partial charge is 0.459 e. The molecule has 2 bridgehead atoms. The Balaban J connectivity index is 1.74. The Morgan fingerprint density at radius 2 is 1.80 bits per heavy atom. The number of nitrogens with zero attached hydrogens (tertiary/aromatic N) is 2. The summed E-state index contributed by atoms with van der Waals surface area (Å²) in [5.74, 6) is -1.94. The summed E-state index contributed by atoms with van der Waals surface area (Å²) in [5.41, 5.74) is -2.59. The number of rotatable bonds is 5. The van der Waals surface area contributed by atoms with Crippen molar-refractivity contribution in [2.45, 2.75) is 141 Å². The van der Waals surface area contributed by atoms with Gasteiger partial charge >= 0.3 is 12.0 Å². The van der Waals surface area contributed by atoms with Crippen molar-refractivity contribution >= 4 is 40.9 Å². The first-order chi connectivity index (χ1) is 23.2. The van der Waals surface area contributed by atoms with E-state index >= 15 is 0 Å². The van der Waals surface area contributed by atoms with Crippen LogP contribution in [0.25, 0.3) is 0 Å². The number of likely N-dealkylation sites (N-methyl/N-ethyl adjacent to an activating group) is 1. The van der Waals surface area contributed by atoms with Gasteiger partial charge in [-0.1, -0.05) is 44.0 Å². The van der Waals surface area contributed by atoms with Crippen molar-refractivity contribution < 1.29 is 43.9 Å². The summed E-state index contributed by atoms with van der Waals surface area (Å²) < 4.78 is 25.6. The van der Waals surface area contributed by atoms with Crippen LogP contribution in [0, 0.1) is 17.8 Å². The highest BCUT2D eigenvalue weighted by atomic mass is 35.5. The van der Waals surface area contributed by atoms with Gasteiger partial charge in [0.15, 0.2) is 6.29 Å². The number of ether oxygens (including phenoxy) is 4. The molecule has 1 aromatic carbocycles. The molecule has 2 amide bonds. The van der Waals surface area contributed by atoms with E-state index in [0.717, 1.165) is 0 Å². The zero-order chi connectivity index (χ0) is 37.5. The first-order valence-corrected chi connectivity index (χ1v) is 18.4. The molecule has 3 aliphatic rings. The molecule has 3 aliphatic heterocycles. The quantitative estimate of drug-likeness (QED) is 0.306.